The van der Waals surface area contributed by atoms with E-state index < -0.39 is 35.6 Å². The van der Waals surface area contributed by atoms with E-state index in [2.05, 4.69) is 4.74 Å². The van der Waals surface area contributed by atoms with Crippen molar-refractivity contribution in [3.05, 3.63) is 29.3 Å². The fourth-order valence-corrected chi connectivity index (χ4v) is 1.08. The standard InChI is InChI=1S/C9H6F5NO2/c10-8(11)17-6-2-4(7(15)16)1-5(3-6)9(12,13)14/h1-3,8H,(H2,15,16). The number of ether oxygens (including phenoxy) is 1. The van der Waals surface area contributed by atoms with Gasteiger partial charge in [-0.3, -0.25) is 4.79 Å². The summed E-state index contributed by atoms with van der Waals surface area (Å²) in [6, 6.07) is 1.53. The average molecular weight is 255 g/mol. The Morgan fingerprint density at radius 3 is 2.24 bits per heavy atom. The zero-order chi connectivity index (χ0) is 13.2. The van der Waals surface area contributed by atoms with Crippen molar-refractivity contribution in [2.24, 2.45) is 5.73 Å². The van der Waals surface area contributed by atoms with E-state index in [1.165, 1.54) is 0 Å². The lowest BCUT2D eigenvalue weighted by Crippen LogP contribution is -2.14. The van der Waals surface area contributed by atoms with Gasteiger partial charge in [-0.25, -0.2) is 0 Å². The topological polar surface area (TPSA) is 52.3 Å². The summed E-state index contributed by atoms with van der Waals surface area (Å²) in [6.45, 7) is -3.29. The molecule has 0 unspecified atom stereocenters. The van der Waals surface area contributed by atoms with Crippen molar-refractivity contribution in [3.8, 4) is 5.75 Å². The van der Waals surface area contributed by atoms with E-state index in [4.69, 9.17) is 5.73 Å². The highest BCUT2D eigenvalue weighted by Gasteiger charge is 2.32. The van der Waals surface area contributed by atoms with Gasteiger partial charge in [0.15, 0.2) is 0 Å². The highest BCUT2D eigenvalue weighted by Crippen LogP contribution is 2.33. The molecular weight excluding hydrogens is 249 g/mol. The Bertz CT molecular complexity index is 430. The van der Waals surface area contributed by atoms with E-state index in [-0.39, 0.29) is 0 Å². The second-order valence-corrected chi connectivity index (χ2v) is 2.99. The molecule has 0 aliphatic rings. The molecule has 0 fully saturated rings. The maximum Gasteiger partial charge on any atom is 0.416 e. The van der Waals surface area contributed by atoms with Crippen molar-refractivity contribution in [2.75, 3.05) is 0 Å². The van der Waals surface area contributed by atoms with Crippen LogP contribution in [0.1, 0.15) is 15.9 Å². The van der Waals surface area contributed by atoms with Crippen molar-refractivity contribution in [2.45, 2.75) is 12.8 Å². The number of nitrogens with two attached hydrogens (primary N) is 1. The number of halogens is 5. The summed E-state index contributed by atoms with van der Waals surface area (Å²) in [7, 11) is 0. The molecule has 0 aromatic heterocycles. The Morgan fingerprint density at radius 2 is 1.82 bits per heavy atom. The second-order valence-electron chi connectivity index (χ2n) is 2.99. The Morgan fingerprint density at radius 1 is 1.24 bits per heavy atom. The van der Waals surface area contributed by atoms with E-state index in [1.807, 2.05) is 0 Å². The quantitative estimate of drug-likeness (QED) is 0.843. The zero-order valence-corrected chi connectivity index (χ0v) is 8.09. The predicted octanol–water partition coefficient (Wildman–Crippen LogP) is 2.41. The van der Waals surface area contributed by atoms with E-state index in [0.29, 0.717) is 18.2 Å². The molecule has 0 bridgehead atoms. The van der Waals surface area contributed by atoms with Crippen LogP contribution in [0, 0.1) is 0 Å². The van der Waals surface area contributed by atoms with Crippen LogP contribution in [-0.2, 0) is 6.18 Å². The van der Waals surface area contributed by atoms with Crippen LogP contribution < -0.4 is 10.5 Å². The van der Waals surface area contributed by atoms with Crippen LogP contribution in [0.3, 0.4) is 0 Å². The fourth-order valence-electron chi connectivity index (χ4n) is 1.08. The molecule has 94 valence electrons. The molecule has 2 N–H and O–H groups in total. The number of alkyl halides is 5. The smallest absolute Gasteiger partial charge is 0.416 e. The summed E-state index contributed by atoms with van der Waals surface area (Å²) in [4.78, 5) is 10.7. The summed E-state index contributed by atoms with van der Waals surface area (Å²) in [5, 5.41) is 0. The molecule has 0 heterocycles. The summed E-state index contributed by atoms with van der Waals surface area (Å²) < 4.78 is 64.6. The molecular formula is C9H6F5NO2. The lowest BCUT2D eigenvalue weighted by Gasteiger charge is -2.11. The third kappa shape index (κ3) is 3.58. The van der Waals surface area contributed by atoms with E-state index in [1.54, 1.807) is 0 Å². The number of carbonyl (C=O) groups is 1. The Balaban J connectivity index is 3.24. The van der Waals surface area contributed by atoms with E-state index in [9.17, 15) is 26.7 Å². The highest BCUT2D eigenvalue weighted by atomic mass is 19.4. The first-order valence-corrected chi connectivity index (χ1v) is 4.17. The molecule has 3 nitrogen and oxygen atoms in total. The van der Waals surface area contributed by atoms with Crippen molar-refractivity contribution < 1.29 is 31.5 Å². The average Bonchev–Trinajstić information content (AvgIpc) is 2.14. The monoisotopic (exact) mass is 255 g/mol. The van der Waals surface area contributed by atoms with E-state index in [0.717, 1.165) is 0 Å². The molecule has 1 aromatic carbocycles. The Hall–Kier alpha value is -1.86. The van der Waals surface area contributed by atoms with Crippen molar-refractivity contribution in [1.82, 2.24) is 0 Å². The summed E-state index contributed by atoms with van der Waals surface area (Å²) >= 11 is 0. The fraction of sp³-hybridized carbons (Fsp3) is 0.222. The summed E-state index contributed by atoms with van der Waals surface area (Å²) in [5.41, 5.74) is 2.93. The van der Waals surface area contributed by atoms with Gasteiger partial charge in [0.25, 0.3) is 0 Å². The van der Waals surface area contributed by atoms with Gasteiger partial charge < -0.3 is 10.5 Å². The molecule has 0 atom stereocenters. The van der Waals surface area contributed by atoms with Crippen LogP contribution in [0.15, 0.2) is 18.2 Å². The minimum atomic E-state index is -4.79. The third-order valence-electron chi connectivity index (χ3n) is 1.74. The summed E-state index contributed by atoms with van der Waals surface area (Å²) in [6.07, 6.45) is -4.79. The number of hydrogen-bond acceptors (Lipinski definition) is 2. The van der Waals surface area contributed by atoms with Gasteiger partial charge in [-0.2, -0.15) is 22.0 Å². The van der Waals surface area contributed by atoms with Gasteiger partial charge in [0.2, 0.25) is 5.91 Å². The van der Waals surface area contributed by atoms with Gasteiger partial charge in [-0.15, -0.1) is 0 Å². The number of amides is 1. The minimum Gasteiger partial charge on any atom is -0.435 e. The molecule has 0 spiro atoms. The molecule has 8 heteroatoms. The van der Waals surface area contributed by atoms with Gasteiger partial charge in [-0.05, 0) is 18.2 Å². The first kappa shape index (κ1) is 13.2. The van der Waals surface area contributed by atoms with Crippen molar-refractivity contribution >= 4 is 5.91 Å². The molecule has 0 saturated heterocycles. The first-order valence-electron chi connectivity index (χ1n) is 4.17. The third-order valence-corrected chi connectivity index (χ3v) is 1.74. The van der Waals surface area contributed by atoms with Gasteiger partial charge in [0.1, 0.15) is 5.75 Å². The lowest BCUT2D eigenvalue weighted by molar-refractivity contribution is -0.138. The Labute approximate surface area is 92.0 Å². The maximum absolute atomic E-state index is 12.4. The van der Waals surface area contributed by atoms with Gasteiger partial charge in [0, 0.05) is 5.56 Å². The largest absolute Gasteiger partial charge is 0.435 e. The van der Waals surface area contributed by atoms with Crippen LogP contribution in [0.5, 0.6) is 5.75 Å². The first-order chi connectivity index (χ1) is 7.70. The normalized spacial score (nSPS) is 11.6. The maximum atomic E-state index is 12.4. The van der Waals surface area contributed by atoms with Crippen LogP contribution in [0.2, 0.25) is 0 Å². The van der Waals surface area contributed by atoms with Crippen LogP contribution >= 0.6 is 0 Å². The molecule has 0 aliphatic heterocycles. The van der Waals surface area contributed by atoms with Gasteiger partial charge >= 0.3 is 12.8 Å². The van der Waals surface area contributed by atoms with Crippen molar-refractivity contribution in [3.63, 3.8) is 0 Å². The minimum absolute atomic E-state index is 0.360. The van der Waals surface area contributed by atoms with Gasteiger partial charge in [-0.1, -0.05) is 0 Å². The molecule has 1 amide bonds. The molecule has 0 saturated carbocycles. The van der Waals surface area contributed by atoms with Crippen LogP contribution in [0.25, 0.3) is 0 Å². The predicted molar refractivity (Wildman–Crippen MR) is 46.6 cm³/mol. The van der Waals surface area contributed by atoms with Crippen molar-refractivity contribution in [1.29, 1.82) is 0 Å². The number of carbonyl (C=O) groups excluding carboxylic acids is 1. The highest BCUT2D eigenvalue weighted by molar-refractivity contribution is 5.93. The molecule has 0 radical (unpaired) electrons. The number of primary amides is 1. The number of hydrogen-bond donors (Lipinski definition) is 1. The molecule has 1 rings (SSSR count). The lowest BCUT2D eigenvalue weighted by atomic mass is 10.1. The Kier molecular flexibility index (Phi) is 3.54. The van der Waals surface area contributed by atoms with Crippen LogP contribution in [-0.4, -0.2) is 12.5 Å². The van der Waals surface area contributed by atoms with Crippen LogP contribution in [0.4, 0.5) is 22.0 Å². The zero-order valence-electron chi connectivity index (χ0n) is 8.09. The summed E-state index contributed by atoms with van der Waals surface area (Å²) in [5.74, 6) is -1.95. The molecule has 17 heavy (non-hydrogen) atoms. The second kappa shape index (κ2) is 4.56. The molecule has 0 aliphatic carbocycles. The number of benzene rings is 1. The van der Waals surface area contributed by atoms with Gasteiger partial charge in [0.05, 0.1) is 5.56 Å². The van der Waals surface area contributed by atoms with E-state index >= 15 is 0 Å². The SMILES string of the molecule is NC(=O)c1cc(OC(F)F)cc(C(F)(F)F)c1. The molecule has 1 aromatic rings. The number of rotatable bonds is 3.